The number of ether oxygens (including phenoxy) is 1. The Balaban J connectivity index is 2.16. The molecule has 0 atom stereocenters. The molecular weight excluding hydrogens is 188 g/mol. The summed E-state index contributed by atoms with van der Waals surface area (Å²) in [6.07, 6.45) is 4.85. The van der Waals surface area contributed by atoms with Gasteiger partial charge in [0.2, 0.25) is 0 Å². The lowest BCUT2D eigenvalue weighted by Crippen LogP contribution is -2.27. The molecule has 0 aliphatic heterocycles. The molecule has 0 heterocycles. The summed E-state index contributed by atoms with van der Waals surface area (Å²) >= 11 is 0. The molecule has 0 aromatic heterocycles. The van der Waals surface area contributed by atoms with Gasteiger partial charge in [0.15, 0.2) is 0 Å². The maximum absolute atomic E-state index is 10.3. The highest BCUT2D eigenvalue weighted by atomic mass is 16.5. The first kappa shape index (κ1) is 10.5. The van der Waals surface area contributed by atoms with Crippen molar-refractivity contribution in [1.29, 1.82) is 0 Å². The van der Waals surface area contributed by atoms with Crippen LogP contribution < -0.4 is 4.74 Å². The summed E-state index contributed by atoms with van der Waals surface area (Å²) in [5.41, 5.74) is 0.624. The molecule has 0 spiro atoms. The standard InChI is InChI=1S/C13H18O2/c1-15-12-7-3-2-6-11(12)10-13(14)8-4-5-9-13/h2-3,6-7,14H,4-5,8-10H2,1H3. The molecule has 0 amide bonds. The highest BCUT2D eigenvalue weighted by Gasteiger charge is 2.31. The van der Waals surface area contributed by atoms with Crippen LogP contribution >= 0.6 is 0 Å². The third-order valence-electron chi connectivity index (χ3n) is 3.25. The largest absolute Gasteiger partial charge is 0.496 e. The van der Waals surface area contributed by atoms with E-state index in [-0.39, 0.29) is 0 Å². The molecule has 0 bridgehead atoms. The molecule has 1 N–H and O–H groups in total. The molecule has 2 rings (SSSR count). The van der Waals surface area contributed by atoms with E-state index in [2.05, 4.69) is 0 Å². The Labute approximate surface area is 90.9 Å². The van der Waals surface area contributed by atoms with Gasteiger partial charge in [-0.15, -0.1) is 0 Å². The number of rotatable bonds is 3. The highest BCUT2D eigenvalue weighted by Crippen LogP contribution is 2.34. The van der Waals surface area contributed by atoms with Gasteiger partial charge in [0.1, 0.15) is 5.75 Å². The Morgan fingerprint density at radius 2 is 1.93 bits per heavy atom. The average Bonchev–Trinajstić information content (AvgIpc) is 2.66. The Hall–Kier alpha value is -1.02. The summed E-state index contributed by atoms with van der Waals surface area (Å²) in [5, 5.41) is 10.3. The number of methoxy groups -OCH3 is 1. The number of hydrogen-bond acceptors (Lipinski definition) is 2. The molecule has 1 aliphatic carbocycles. The van der Waals surface area contributed by atoms with Crippen molar-refractivity contribution < 1.29 is 9.84 Å². The Kier molecular flexibility index (Phi) is 2.96. The van der Waals surface area contributed by atoms with Crippen LogP contribution in [0.5, 0.6) is 5.75 Å². The first-order chi connectivity index (χ1) is 7.23. The number of hydrogen-bond donors (Lipinski definition) is 1. The molecule has 1 saturated carbocycles. The summed E-state index contributed by atoms with van der Waals surface area (Å²) in [4.78, 5) is 0. The third-order valence-corrected chi connectivity index (χ3v) is 3.25. The van der Waals surface area contributed by atoms with E-state index in [1.165, 1.54) is 0 Å². The van der Waals surface area contributed by atoms with Crippen LogP contribution in [-0.4, -0.2) is 17.8 Å². The van der Waals surface area contributed by atoms with E-state index in [9.17, 15) is 5.11 Å². The second kappa shape index (κ2) is 4.23. The lowest BCUT2D eigenvalue weighted by molar-refractivity contribution is 0.0476. The molecule has 0 unspecified atom stereocenters. The minimum absolute atomic E-state index is 0.491. The van der Waals surface area contributed by atoms with Crippen molar-refractivity contribution in [2.24, 2.45) is 0 Å². The molecule has 15 heavy (non-hydrogen) atoms. The van der Waals surface area contributed by atoms with E-state index >= 15 is 0 Å². The minimum Gasteiger partial charge on any atom is -0.496 e. The van der Waals surface area contributed by atoms with Gasteiger partial charge >= 0.3 is 0 Å². The summed E-state index contributed by atoms with van der Waals surface area (Å²) in [6.45, 7) is 0. The molecule has 1 aliphatic rings. The zero-order valence-corrected chi connectivity index (χ0v) is 9.20. The zero-order valence-electron chi connectivity index (χ0n) is 9.20. The molecule has 0 saturated heterocycles. The number of para-hydroxylation sites is 1. The quantitative estimate of drug-likeness (QED) is 0.823. The van der Waals surface area contributed by atoms with Crippen LogP contribution in [0.3, 0.4) is 0 Å². The fourth-order valence-electron chi connectivity index (χ4n) is 2.41. The predicted octanol–water partition coefficient (Wildman–Crippen LogP) is 2.54. The van der Waals surface area contributed by atoms with Crippen molar-refractivity contribution in [3.8, 4) is 5.75 Å². The topological polar surface area (TPSA) is 29.5 Å². The average molecular weight is 206 g/mol. The summed E-state index contributed by atoms with van der Waals surface area (Å²) in [6, 6.07) is 7.94. The molecular formula is C13H18O2. The van der Waals surface area contributed by atoms with Gasteiger partial charge in [-0.2, -0.15) is 0 Å². The van der Waals surface area contributed by atoms with Crippen LogP contribution in [0.25, 0.3) is 0 Å². The van der Waals surface area contributed by atoms with E-state index in [0.717, 1.165) is 43.4 Å². The molecule has 1 fully saturated rings. The van der Waals surface area contributed by atoms with Crippen molar-refractivity contribution in [2.45, 2.75) is 37.7 Å². The van der Waals surface area contributed by atoms with Crippen LogP contribution in [0.1, 0.15) is 31.2 Å². The van der Waals surface area contributed by atoms with E-state index in [4.69, 9.17) is 4.74 Å². The van der Waals surface area contributed by atoms with Gasteiger partial charge in [-0.25, -0.2) is 0 Å². The normalized spacial score (nSPS) is 19.1. The van der Waals surface area contributed by atoms with E-state index in [1.807, 2.05) is 24.3 Å². The molecule has 1 aromatic carbocycles. The third kappa shape index (κ3) is 2.32. The highest BCUT2D eigenvalue weighted by molar-refractivity contribution is 5.34. The fourth-order valence-corrected chi connectivity index (χ4v) is 2.41. The second-order valence-corrected chi connectivity index (χ2v) is 4.42. The van der Waals surface area contributed by atoms with Gasteiger partial charge in [0.05, 0.1) is 12.7 Å². The lowest BCUT2D eigenvalue weighted by Gasteiger charge is -2.23. The molecule has 2 heteroatoms. The van der Waals surface area contributed by atoms with Crippen molar-refractivity contribution in [1.82, 2.24) is 0 Å². The van der Waals surface area contributed by atoms with Crippen LogP contribution in [0.15, 0.2) is 24.3 Å². The van der Waals surface area contributed by atoms with Gasteiger partial charge in [0.25, 0.3) is 0 Å². The van der Waals surface area contributed by atoms with E-state index in [0.29, 0.717) is 0 Å². The van der Waals surface area contributed by atoms with Crippen LogP contribution in [0, 0.1) is 0 Å². The van der Waals surface area contributed by atoms with Crippen LogP contribution in [0.2, 0.25) is 0 Å². The van der Waals surface area contributed by atoms with Gasteiger partial charge in [0, 0.05) is 6.42 Å². The zero-order chi connectivity index (χ0) is 10.7. The Bertz CT molecular complexity index is 327. The SMILES string of the molecule is COc1ccccc1CC1(O)CCCC1. The number of aliphatic hydroxyl groups is 1. The summed E-state index contributed by atoms with van der Waals surface area (Å²) < 4.78 is 5.29. The summed E-state index contributed by atoms with van der Waals surface area (Å²) in [5.74, 6) is 0.887. The predicted molar refractivity (Wildman–Crippen MR) is 60.1 cm³/mol. The lowest BCUT2D eigenvalue weighted by atomic mass is 9.92. The van der Waals surface area contributed by atoms with E-state index in [1.54, 1.807) is 7.11 Å². The van der Waals surface area contributed by atoms with Gasteiger partial charge < -0.3 is 9.84 Å². The van der Waals surface area contributed by atoms with Crippen molar-refractivity contribution in [2.75, 3.05) is 7.11 Å². The number of benzene rings is 1. The van der Waals surface area contributed by atoms with E-state index < -0.39 is 5.60 Å². The van der Waals surface area contributed by atoms with Gasteiger partial charge in [-0.3, -0.25) is 0 Å². The Morgan fingerprint density at radius 3 is 2.60 bits per heavy atom. The second-order valence-electron chi connectivity index (χ2n) is 4.42. The van der Waals surface area contributed by atoms with Gasteiger partial charge in [-0.05, 0) is 24.5 Å². The van der Waals surface area contributed by atoms with Crippen molar-refractivity contribution in [3.05, 3.63) is 29.8 Å². The fraction of sp³-hybridized carbons (Fsp3) is 0.538. The maximum Gasteiger partial charge on any atom is 0.122 e. The molecule has 0 radical (unpaired) electrons. The Morgan fingerprint density at radius 1 is 1.27 bits per heavy atom. The first-order valence-corrected chi connectivity index (χ1v) is 5.58. The van der Waals surface area contributed by atoms with Crippen LogP contribution in [-0.2, 0) is 6.42 Å². The molecule has 1 aromatic rings. The van der Waals surface area contributed by atoms with Gasteiger partial charge in [-0.1, -0.05) is 31.0 Å². The first-order valence-electron chi connectivity index (χ1n) is 5.58. The van der Waals surface area contributed by atoms with Crippen molar-refractivity contribution >= 4 is 0 Å². The monoisotopic (exact) mass is 206 g/mol. The summed E-state index contributed by atoms with van der Waals surface area (Å²) in [7, 11) is 1.68. The smallest absolute Gasteiger partial charge is 0.122 e. The molecule has 2 nitrogen and oxygen atoms in total. The minimum atomic E-state index is -0.491. The van der Waals surface area contributed by atoms with Crippen molar-refractivity contribution in [3.63, 3.8) is 0 Å². The van der Waals surface area contributed by atoms with Crippen LogP contribution in [0.4, 0.5) is 0 Å². The molecule has 82 valence electrons. The maximum atomic E-state index is 10.3.